The summed E-state index contributed by atoms with van der Waals surface area (Å²) in [5.74, 6) is -0.867. The minimum atomic E-state index is -0.790. The molecule has 1 aromatic heterocycles. The average molecular weight is 253 g/mol. The van der Waals surface area contributed by atoms with E-state index in [0.717, 1.165) is 12.4 Å². The molecule has 98 valence electrons. The van der Waals surface area contributed by atoms with Gasteiger partial charge >= 0.3 is 5.97 Å². The van der Waals surface area contributed by atoms with Gasteiger partial charge in [0.05, 0.1) is 17.8 Å². The molecule has 0 aromatic carbocycles. The highest BCUT2D eigenvalue weighted by Gasteiger charge is 2.47. The average Bonchev–Trinajstić information content (AvgIpc) is 2.76. The number of nitrogens with zero attached hydrogens (tertiary/aromatic N) is 3. The van der Waals surface area contributed by atoms with Crippen molar-refractivity contribution in [1.29, 1.82) is 0 Å². The smallest absolute Gasteiger partial charge is 0.311 e. The van der Waals surface area contributed by atoms with E-state index in [1.807, 2.05) is 13.8 Å². The summed E-state index contributed by atoms with van der Waals surface area (Å²) in [6.45, 7) is 4.76. The van der Waals surface area contributed by atoms with Crippen molar-refractivity contribution in [2.75, 3.05) is 18.0 Å². The number of halogens is 1. The lowest BCUT2D eigenvalue weighted by Crippen LogP contribution is -2.39. The van der Waals surface area contributed by atoms with Gasteiger partial charge in [-0.15, -0.1) is 0 Å². The maximum atomic E-state index is 12.7. The van der Waals surface area contributed by atoms with Crippen LogP contribution in [0.25, 0.3) is 0 Å². The molecular weight excluding hydrogens is 237 g/mol. The fourth-order valence-electron chi connectivity index (χ4n) is 2.37. The second kappa shape index (κ2) is 4.51. The summed E-state index contributed by atoms with van der Waals surface area (Å²) in [4.78, 5) is 21.1. The molecule has 0 radical (unpaired) electrons. The van der Waals surface area contributed by atoms with E-state index in [1.54, 1.807) is 4.90 Å². The molecule has 1 aromatic rings. The minimum absolute atomic E-state index is 0.0282. The molecule has 0 saturated carbocycles. The van der Waals surface area contributed by atoms with E-state index in [0.29, 0.717) is 25.5 Å². The standard InChI is InChI=1S/C12H16FN3O2/c1-8(2)12(10(17)18)3-4-16(7-12)11-14-5-9(13)6-15-11/h5-6,8H,3-4,7H2,1-2H3,(H,17,18). The Labute approximate surface area is 105 Å². The van der Waals surface area contributed by atoms with E-state index in [-0.39, 0.29) is 5.92 Å². The quantitative estimate of drug-likeness (QED) is 0.885. The predicted molar refractivity (Wildman–Crippen MR) is 63.7 cm³/mol. The molecule has 0 spiro atoms. The largest absolute Gasteiger partial charge is 0.481 e. The van der Waals surface area contributed by atoms with E-state index in [4.69, 9.17) is 0 Å². The summed E-state index contributed by atoms with van der Waals surface area (Å²) >= 11 is 0. The third-order valence-corrected chi connectivity index (χ3v) is 3.72. The molecule has 2 rings (SSSR count). The summed E-state index contributed by atoms with van der Waals surface area (Å²) in [6.07, 6.45) is 2.75. The molecule has 0 aliphatic carbocycles. The van der Waals surface area contributed by atoms with Crippen molar-refractivity contribution in [3.05, 3.63) is 18.2 Å². The first-order valence-electron chi connectivity index (χ1n) is 5.91. The van der Waals surface area contributed by atoms with Gasteiger partial charge in [0.1, 0.15) is 0 Å². The van der Waals surface area contributed by atoms with Crippen LogP contribution in [0.3, 0.4) is 0 Å². The number of carboxylic acid groups (broad SMARTS) is 1. The Balaban J connectivity index is 2.21. The number of rotatable bonds is 3. The zero-order valence-electron chi connectivity index (χ0n) is 10.4. The molecule has 1 atom stereocenters. The van der Waals surface area contributed by atoms with Crippen molar-refractivity contribution in [3.8, 4) is 0 Å². The molecule has 1 aliphatic heterocycles. The molecule has 1 aliphatic rings. The topological polar surface area (TPSA) is 66.3 Å². The number of aromatic nitrogens is 2. The monoisotopic (exact) mass is 253 g/mol. The van der Waals surface area contributed by atoms with E-state index in [2.05, 4.69) is 9.97 Å². The van der Waals surface area contributed by atoms with Gasteiger partial charge in [-0.1, -0.05) is 13.8 Å². The molecule has 1 fully saturated rings. The van der Waals surface area contributed by atoms with Gasteiger partial charge in [0.15, 0.2) is 5.82 Å². The second-order valence-electron chi connectivity index (χ2n) is 4.99. The van der Waals surface area contributed by atoms with Crippen molar-refractivity contribution in [3.63, 3.8) is 0 Å². The first-order chi connectivity index (χ1) is 8.45. The zero-order chi connectivity index (χ0) is 13.3. The normalized spacial score (nSPS) is 23.7. The van der Waals surface area contributed by atoms with Crippen LogP contribution in [0.2, 0.25) is 0 Å². The number of hydrogen-bond acceptors (Lipinski definition) is 4. The van der Waals surface area contributed by atoms with Crippen LogP contribution in [-0.2, 0) is 4.79 Å². The van der Waals surface area contributed by atoms with Crippen LogP contribution < -0.4 is 4.90 Å². The lowest BCUT2D eigenvalue weighted by atomic mass is 9.76. The van der Waals surface area contributed by atoms with Crippen LogP contribution in [0, 0.1) is 17.2 Å². The van der Waals surface area contributed by atoms with Crippen molar-refractivity contribution < 1.29 is 14.3 Å². The Bertz CT molecular complexity index is 449. The first-order valence-corrected chi connectivity index (χ1v) is 5.91. The number of carbonyl (C=O) groups is 1. The van der Waals surface area contributed by atoms with Crippen LogP contribution in [-0.4, -0.2) is 34.1 Å². The van der Waals surface area contributed by atoms with Crippen LogP contribution in [0.15, 0.2) is 12.4 Å². The molecule has 1 unspecified atom stereocenters. The van der Waals surface area contributed by atoms with Crippen LogP contribution in [0.4, 0.5) is 10.3 Å². The van der Waals surface area contributed by atoms with Crippen LogP contribution in [0.1, 0.15) is 20.3 Å². The second-order valence-corrected chi connectivity index (χ2v) is 4.99. The maximum absolute atomic E-state index is 12.7. The summed E-state index contributed by atoms with van der Waals surface area (Å²) in [5, 5.41) is 9.42. The van der Waals surface area contributed by atoms with Gasteiger partial charge < -0.3 is 10.0 Å². The molecule has 2 heterocycles. The molecule has 5 nitrogen and oxygen atoms in total. The lowest BCUT2D eigenvalue weighted by molar-refractivity contribution is -0.150. The Hall–Kier alpha value is -1.72. The van der Waals surface area contributed by atoms with Crippen LogP contribution in [0.5, 0.6) is 0 Å². The number of hydrogen-bond donors (Lipinski definition) is 1. The van der Waals surface area contributed by atoms with Gasteiger partial charge in [-0.3, -0.25) is 4.79 Å². The number of aliphatic carboxylic acids is 1. The Morgan fingerprint density at radius 3 is 2.56 bits per heavy atom. The summed E-state index contributed by atoms with van der Waals surface area (Å²) in [6, 6.07) is 0. The summed E-state index contributed by atoms with van der Waals surface area (Å²) < 4.78 is 12.7. The Morgan fingerprint density at radius 2 is 2.11 bits per heavy atom. The first kappa shape index (κ1) is 12.7. The van der Waals surface area contributed by atoms with Crippen LogP contribution >= 0.6 is 0 Å². The molecule has 0 bridgehead atoms. The molecule has 6 heteroatoms. The van der Waals surface area contributed by atoms with E-state index in [1.165, 1.54) is 0 Å². The minimum Gasteiger partial charge on any atom is -0.481 e. The van der Waals surface area contributed by atoms with Gasteiger partial charge in [-0.25, -0.2) is 14.4 Å². The summed E-state index contributed by atoms with van der Waals surface area (Å²) in [7, 11) is 0. The third-order valence-electron chi connectivity index (χ3n) is 3.72. The van der Waals surface area contributed by atoms with Crippen molar-refractivity contribution in [2.45, 2.75) is 20.3 Å². The van der Waals surface area contributed by atoms with Crippen molar-refractivity contribution >= 4 is 11.9 Å². The molecular formula is C12H16FN3O2. The maximum Gasteiger partial charge on any atom is 0.311 e. The summed E-state index contributed by atoms with van der Waals surface area (Å²) in [5.41, 5.74) is -0.766. The predicted octanol–water partition coefficient (Wildman–Crippen LogP) is 1.55. The SMILES string of the molecule is CC(C)C1(C(=O)O)CCN(c2ncc(F)cn2)C1. The molecule has 0 amide bonds. The van der Waals surface area contributed by atoms with Crippen molar-refractivity contribution in [1.82, 2.24) is 9.97 Å². The Morgan fingerprint density at radius 1 is 1.50 bits per heavy atom. The molecule has 1 N–H and O–H groups in total. The number of anilines is 1. The lowest BCUT2D eigenvalue weighted by Gasteiger charge is -2.28. The van der Waals surface area contributed by atoms with Gasteiger partial charge in [-0.2, -0.15) is 0 Å². The van der Waals surface area contributed by atoms with Gasteiger partial charge in [0, 0.05) is 13.1 Å². The van der Waals surface area contributed by atoms with Gasteiger partial charge in [0.25, 0.3) is 0 Å². The zero-order valence-corrected chi connectivity index (χ0v) is 10.4. The highest BCUT2D eigenvalue weighted by atomic mass is 19.1. The van der Waals surface area contributed by atoms with E-state index >= 15 is 0 Å². The molecule has 1 saturated heterocycles. The number of carboxylic acids is 1. The fraction of sp³-hybridized carbons (Fsp3) is 0.583. The Kier molecular flexibility index (Phi) is 3.19. The molecule has 18 heavy (non-hydrogen) atoms. The highest BCUT2D eigenvalue weighted by molar-refractivity contribution is 5.76. The van der Waals surface area contributed by atoms with E-state index < -0.39 is 17.2 Å². The van der Waals surface area contributed by atoms with Gasteiger partial charge in [0.2, 0.25) is 5.95 Å². The third kappa shape index (κ3) is 2.02. The van der Waals surface area contributed by atoms with Gasteiger partial charge in [-0.05, 0) is 12.3 Å². The fourth-order valence-corrected chi connectivity index (χ4v) is 2.37. The van der Waals surface area contributed by atoms with Crippen molar-refractivity contribution in [2.24, 2.45) is 11.3 Å². The highest BCUT2D eigenvalue weighted by Crippen LogP contribution is 2.39. The van der Waals surface area contributed by atoms with E-state index in [9.17, 15) is 14.3 Å².